The summed E-state index contributed by atoms with van der Waals surface area (Å²) in [6, 6.07) is 5.02. The molecule has 1 rings (SSSR count). The maximum atomic E-state index is 11.2. The van der Waals surface area contributed by atoms with E-state index in [0.717, 1.165) is 0 Å². The Bertz CT molecular complexity index is 339. The first-order chi connectivity index (χ1) is 6.65. The maximum absolute atomic E-state index is 11.2. The maximum Gasteiger partial charge on any atom is 0.163 e. The smallest absolute Gasteiger partial charge is 0.163 e. The van der Waals surface area contributed by atoms with Gasteiger partial charge in [-0.05, 0) is 25.1 Å². The normalized spacial score (nSPS) is 9.27. The van der Waals surface area contributed by atoms with Gasteiger partial charge in [0, 0.05) is 26.1 Å². The predicted octanol–water partition coefficient (Wildman–Crippen LogP) is 3.14. The summed E-state index contributed by atoms with van der Waals surface area (Å²) in [7, 11) is 0. The van der Waals surface area contributed by atoms with E-state index in [2.05, 4.69) is 6.92 Å². The summed E-state index contributed by atoms with van der Waals surface area (Å²) < 4.78 is 5.36. The van der Waals surface area contributed by atoms with Crippen LogP contribution in [0.25, 0.3) is 0 Å². The van der Waals surface area contributed by atoms with Crippen LogP contribution in [0, 0.1) is 6.92 Å². The van der Waals surface area contributed by atoms with Gasteiger partial charge in [0.25, 0.3) is 0 Å². The van der Waals surface area contributed by atoms with Crippen LogP contribution in [0.3, 0.4) is 0 Å². The van der Waals surface area contributed by atoms with E-state index in [-0.39, 0.29) is 26.8 Å². The molecule has 0 saturated carbocycles. The molecular formula is C11H12ClO2W-. The molecule has 1 aromatic carbocycles. The summed E-state index contributed by atoms with van der Waals surface area (Å²) in [4.78, 5) is 11.2. The van der Waals surface area contributed by atoms with Crippen molar-refractivity contribution in [3.8, 4) is 5.75 Å². The van der Waals surface area contributed by atoms with Crippen LogP contribution in [-0.4, -0.2) is 12.4 Å². The van der Waals surface area contributed by atoms with Crippen molar-refractivity contribution >= 4 is 17.4 Å². The summed E-state index contributed by atoms with van der Waals surface area (Å²) in [5.41, 5.74) is 0.519. The fourth-order valence-electron chi connectivity index (χ4n) is 1.09. The summed E-state index contributed by atoms with van der Waals surface area (Å²) in [6.07, 6.45) is 0.667. The van der Waals surface area contributed by atoms with E-state index < -0.39 is 0 Å². The number of Topliss-reactive ketones (excluding diaryl/α,β-unsaturated/α-hetero) is 1. The van der Waals surface area contributed by atoms with Crippen LogP contribution in [0.15, 0.2) is 18.2 Å². The number of ketones is 1. The molecule has 0 bridgehead atoms. The number of hydrogen-bond acceptors (Lipinski definition) is 2. The van der Waals surface area contributed by atoms with E-state index >= 15 is 0 Å². The van der Waals surface area contributed by atoms with Gasteiger partial charge in [-0.25, -0.2) is 0 Å². The Morgan fingerprint density at radius 2 is 2.20 bits per heavy atom. The van der Waals surface area contributed by atoms with Crippen LogP contribution in [0.5, 0.6) is 5.75 Å². The number of rotatable bonds is 4. The summed E-state index contributed by atoms with van der Waals surface area (Å²) in [6.45, 7) is 5.65. The second kappa shape index (κ2) is 7.03. The summed E-state index contributed by atoms with van der Waals surface area (Å²) in [5.74, 6) is 0.525. The van der Waals surface area contributed by atoms with Crippen molar-refractivity contribution in [3.63, 3.8) is 0 Å². The van der Waals surface area contributed by atoms with E-state index in [1.54, 1.807) is 18.2 Å². The van der Waals surface area contributed by atoms with Crippen molar-refractivity contribution in [3.05, 3.63) is 35.7 Å². The molecule has 0 amide bonds. The zero-order valence-electron chi connectivity index (χ0n) is 8.46. The zero-order valence-corrected chi connectivity index (χ0v) is 12.1. The first-order valence-corrected chi connectivity index (χ1v) is 4.75. The zero-order chi connectivity index (χ0) is 10.6. The predicted molar refractivity (Wildman–Crippen MR) is 56.9 cm³/mol. The van der Waals surface area contributed by atoms with E-state index in [1.807, 2.05) is 0 Å². The van der Waals surface area contributed by atoms with Gasteiger partial charge >= 0.3 is 0 Å². The average molecular weight is 396 g/mol. The molecule has 0 unspecified atom stereocenters. The molecule has 0 atom stereocenters. The third-order valence-corrected chi connectivity index (χ3v) is 1.96. The number of carbonyl (C=O) groups excluding carboxylic acids is 1. The number of ether oxygens (including phenoxy) is 1. The first kappa shape index (κ1) is 14.7. The molecule has 0 saturated heterocycles. The van der Waals surface area contributed by atoms with Gasteiger partial charge in [-0.2, -0.15) is 0 Å². The van der Waals surface area contributed by atoms with Crippen LogP contribution in [0.2, 0.25) is 5.02 Å². The van der Waals surface area contributed by atoms with Gasteiger partial charge in [0.05, 0.1) is 12.2 Å². The molecule has 0 aliphatic rings. The second-order valence-electron chi connectivity index (χ2n) is 2.90. The topological polar surface area (TPSA) is 26.3 Å². The van der Waals surface area contributed by atoms with Gasteiger partial charge in [0.1, 0.15) is 5.75 Å². The van der Waals surface area contributed by atoms with E-state index in [0.29, 0.717) is 29.4 Å². The molecule has 82 valence electrons. The number of hydrogen-bond donors (Lipinski definition) is 0. The molecule has 15 heavy (non-hydrogen) atoms. The third kappa shape index (κ3) is 4.36. The average Bonchev–Trinajstić information content (AvgIpc) is 2.15. The van der Waals surface area contributed by atoms with Crippen molar-refractivity contribution in [2.75, 3.05) is 6.61 Å². The van der Waals surface area contributed by atoms with Crippen molar-refractivity contribution in [2.45, 2.75) is 13.3 Å². The molecule has 2 nitrogen and oxygen atoms in total. The third-order valence-electron chi connectivity index (χ3n) is 1.72. The first-order valence-electron chi connectivity index (χ1n) is 4.37. The molecular weight excluding hydrogens is 383 g/mol. The fourth-order valence-corrected chi connectivity index (χ4v) is 1.26. The van der Waals surface area contributed by atoms with E-state index in [4.69, 9.17) is 16.3 Å². The Morgan fingerprint density at radius 1 is 1.53 bits per heavy atom. The number of benzene rings is 1. The monoisotopic (exact) mass is 395 g/mol. The minimum atomic E-state index is -0.0495. The van der Waals surface area contributed by atoms with Crippen LogP contribution in [0.1, 0.15) is 23.7 Å². The summed E-state index contributed by atoms with van der Waals surface area (Å²) in [5, 5.41) is 0.539. The van der Waals surface area contributed by atoms with Crippen molar-refractivity contribution in [1.29, 1.82) is 0 Å². The van der Waals surface area contributed by atoms with E-state index in [9.17, 15) is 4.79 Å². The van der Waals surface area contributed by atoms with Gasteiger partial charge in [0.2, 0.25) is 0 Å². The Balaban J connectivity index is 0.00000196. The minimum Gasteiger partial charge on any atom is -0.496 e. The van der Waals surface area contributed by atoms with Gasteiger partial charge in [-0.3, -0.25) is 4.79 Å². The van der Waals surface area contributed by atoms with Gasteiger partial charge < -0.3 is 11.7 Å². The van der Waals surface area contributed by atoms with Crippen LogP contribution < -0.4 is 4.74 Å². The van der Waals surface area contributed by atoms with Gasteiger partial charge in [0.15, 0.2) is 5.78 Å². The Labute approximate surface area is 109 Å². The molecule has 1 aromatic rings. The molecule has 4 heteroatoms. The summed E-state index contributed by atoms with van der Waals surface area (Å²) >= 11 is 5.77. The number of halogens is 1. The Morgan fingerprint density at radius 3 is 2.73 bits per heavy atom. The standard InChI is InChI=1S/C11H12ClO2.W/c1-3-6-14-11-5-4-9(12)7-10(11)8(2)13;/h4-5,7H,1,3,6H2,2H3;/q-1;. The van der Waals surface area contributed by atoms with E-state index in [1.165, 1.54) is 6.92 Å². The van der Waals surface area contributed by atoms with Gasteiger partial charge in [-0.15, -0.1) is 6.42 Å². The molecule has 0 spiro atoms. The second-order valence-corrected chi connectivity index (χ2v) is 3.34. The van der Waals surface area contributed by atoms with Crippen molar-refractivity contribution < 1.29 is 30.6 Å². The SMILES string of the molecule is [CH2-]CCOc1ccc(Cl)cc1C(C)=O.[W]. The minimum absolute atomic E-state index is 0. The quantitative estimate of drug-likeness (QED) is 0.578. The molecule has 0 radical (unpaired) electrons. The van der Waals surface area contributed by atoms with Gasteiger partial charge in [-0.1, -0.05) is 11.6 Å². The Hall–Kier alpha value is -0.332. The van der Waals surface area contributed by atoms with Crippen molar-refractivity contribution in [1.82, 2.24) is 0 Å². The number of carbonyl (C=O) groups is 1. The largest absolute Gasteiger partial charge is 0.496 e. The molecule has 0 aliphatic carbocycles. The molecule has 0 fully saturated rings. The van der Waals surface area contributed by atoms with Crippen molar-refractivity contribution in [2.24, 2.45) is 0 Å². The Kier molecular flexibility index (Phi) is 6.87. The molecule has 0 aliphatic heterocycles. The molecule has 0 heterocycles. The van der Waals surface area contributed by atoms with Crippen LogP contribution in [0.4, 0.5) is 0 Å². The fraction of sp³-hybridized carbons (Fsp3) is 0.273. The van der Waals surface area contributed by atoms with Crippen LogP contribution >= 0.6 is 11.6 Å². The molecule has 0 aromatic heterocycles. The van der Waals surface area contributed by atoms with Crippen LogP contribution in [-0.2, 0) is 21.1 Å². The molecule has 0 N–H and O–H groups in total.